The molecule has 1 saturated heterocycles. The molecular formula is C27H34FN3O5S. The van der Waals surface area contributed by atoms with Crippen LogP contribution in [0, 0.1) is 12.7 Å². The van der Waals surface area contributed by atoms with Crippen molar-refractivity contribution in [1.29, 1.82) is 0 Å². The van der Waals surface area contributed by atoms with Crippen molar-refractivity contribution in [2.24, 2.45) is 0 Å². The zero-order valence-corrected chi connectivity index (χ0v) is 21.8. The zero-order valence-electron chi connectivity index (χ0n) is 21.0. The van der Waals surface area contributed by atoms with Gasteiger partial charge in [-0.05, 0) is 80.7 Å². The summed E-state index contributed by atoms with van der Waals surface area (Å²) in [5.41, 5.74) is 1.50. The Balaban J connectivity index is 1.31. The highest BCUT2D eigenvalue weighted by Gasteiger charge is 2.27. The molecule has 2 fully saturated rings. The van der Waals surface area contributed by atoms with Crippen molar-refractivity contribution < 1.29 is 28.6 Å². The van der Waals surface area contributed by atoms with Gasteiger partial charge in [0, 0.05) is 12.1 Å². The van der Waals surface area contributed by atoms with Crippen molar-refractivity contribution in [1.82, 2.24) is 15.6 Å². The summed E-state index contributed by atoms with van der Waals surface area (Å²) in [4.78, 5) is 30.0. The van der Waals surface area contributed by atoms with Crippen molar-refractivity contribution >= 4 is 23.6 Å². The van der Waals surface area contributed by atoms with Gasteiger partial charge in [0.1, 0.15) is 29.8 Å². The molecule has 10 heteroatoms. The maximum absolute atomic E-state index is 13.9. The normalized spacial score (nSPS) is 20.2. The third kappa shape index (κ3) is 7.58. The Kier molecular flexibility index (Phi) is 9.62. The Morgan fingerprint density at radius 1 is 1.03 bits per heavy atom. The van der Waals surface area contributed by atoms with Crippen LogP contribution in [-0.2, 0) is 0 Å². The molecule has 3 N–H and O–H groups in total. The first kappa shape index (κ1) is 27.2. The molecule has 4 rings (SSSR count). The molecule has 0 radical (unpaired) electrons. The Labute approximate surface area is 220 Å². The summed E-state index contributed by atoms with van der Waals surface area (Å²) in [7, 11) is 0. The highest BCUT2D eigenvalue weighted by atomic mass is 32.2. The van der Waals surface area contributed by atoms with Crippen LogP contribution in [0.1, 0.15) is 64.8 Å². The summed E-state index contributed by atoms with van der Waals surface area (Å²) >= 11 is 1.87. The number of aliphatic hydroxyl groups excluding tert-OH is 1. The molecule has 1 aromatic carbocycles. The molecule has 1 aromatic heterocycles. The molecule has 0 spiro atoms. The molecule has 2 heterocycles. The number of hydrogen-bond acceptors (Lipinski definition) is 7. The average Bonchev–Trinajstić information content (AvgIpc) is 2.90. The lowest BCUT2D eigenvalue weighted by molar-refractivity contribution is 0.0883. The van der Waals surface area contributed by atoms with Gasteiger partial charge in [0.25, 0.3) is 11.8 Å². The molecule has 8 nitrogen and oxygen atoms in total. The van der Waals surface area contributed by atoms with Gasteiger partial charge in [-0.3, -0.25) is 9.59 Å². The summed E-state index contributed by atoms with van der Waals surface area (Å²) in [6.45, 7) is 1.89. The Morgan fingerprint density at radius 3 is 2.32 bits per heavy atom. The predicted molar refractivity (Wildman–Crippen MR) is 140 cm³/mol. The second-order valence-electron chi connectivity index (χ2n) is 9.50. The number of amides is 2. The van der Waals surface area contributed by atoms with E-state index < -0.39 is 11.7 Å². The highest BCUT2D eigenvalue weighted by molar-refractivity contribution is 7.99. The van der Waals surface area contributed by atoms with Gasteiger partial charge in [0.15, 0.2) is 0 Å². The van der Waals surface area contributed by atoms with Crippen LogP contribution in [0.15, 0.2) is 30.5 Å². The first-order chi connectivity index (χ1) is 17.9. The number of nitrogens with one attached hydrogen (secondary N) is 2. The van der Waals surface area contributed by atoms with Gasteiger partial charge in [-0.25, -0.2) is 9.37 Å². The number of carbonyl (C=O) groups is 2. The van der Waals surface area contributed by atoms with E-state index in [9.17, 15) is 14.0 Å². The molecule has 2 aliphatic rings. The molecule has 1 aliphatic heterocycles. The van der Waals surface area contributed by atoms with E-state index in [0.29, 0.717) is 37.0 Å². The van der Waals surface area contributed by atoms with E-state index in [-0.39, 0.29) is 48.8 Å². The minimum atomic E-state index is -0.582. The van der Waals surface area contributed by atoms with E-state index in [1.54, 1.807) is 12.1 Å². The summed E-state index contributed by atoms with van der Waals surface area (Å²) in [6.07, 6.45) is 5.55. The number of aliphatic hydroxyl groups is 1. The standard InChI is InChI=1S/C27H34FN3O5S/c1-17-2-7-22(24(14-17)35-11-10-32)25(33)30-19-3-5-20(6-4-19)31-26(34)23-15-18(28)16-29-27(23)36-21-8-12-37-13-9-21/h2,7,14-16,19-21,32H,3-6,8-13H2,1H3,(H,30,33)(H,31,34). The number of aryl methyl sites for hydroxylation is 1. The van der Waals surface area contributed by atoms with Gasteiger partial charge in [-0.1, -0.05) is 6.07 Å². The lowest BCUT2D eigenvalue weighted by Crippen LogP contribution is -2.44. The van der Waals surface area contributed by atoms with Crippen molar-refractivity contribution in [3.05, 3.63) is 53.0 Å². The number of thioether (sulfide) groups is 1. The number of halogens is 1. The largest absolute Gasteiger partial charge is 0.490 e. The van der Waals surface area contributed by atoms with Crippen LogP contribution in [0.3, 0.4) is 0 Å². The summed E-state index contributed by atoms with van der Waals surface area (Å²) < 4.78 is 25.5. The Hall–Kier alpha value is -2.85. The minimum Gasteiger partial charge on any atom is -0.490 e. The van der Waals surface area contributed by atoms with E-state index in [0.717, 1.165) is 36.1 Å². The van der Waals surface area contributed by atoms with Crippen LogP contribution < -0.4 is 20.1 Å². The second-order valence-corrected chi connectivity index (χ2v) is 10.7. The highest BCUT2D eigenvalue weighted by Crippen LogP contribution is 2.26. The van der Waals surface area contributed by atoms with E-state index in [4.69, 9.17) is 14.6 Å². The summed E-state index contributed by atoms with van der Waals surface area (Å²) in [5, 5.41) is 15.1. The molecule has 2 amide bonds. The number of nitrogens with zero attached hydrogens (tertiary/aromatic N) is 1. The van der Waals surface area contributed by atoms with E-state index >= 15 is 0 Å². The third-order valence-corrected chi connectivity index (χ3v) is 7.69. The van der Waals surface area contributed by atoms with Gasteiger partial charge in [-0.15, -0.1) is 0 Å². The fourth-order valence-corrected chi connectivity index (χ4v) is 5.70. The Morgan fingerprint density at radius 2 is 1.68 bits per heavy atom. The molecule has 37 heavy (non-hydrogen) atoms. The number of hydrogen-bond donors (Lipinski definition) is 3. The molecule has 2 aromatic rings. The summed E-state index contributed by atoms with van der Waals surface area (Å²) in [6, 6.07) is 6.40. The van der Waals surface area contributed by atoms with Crippen LogP contribution >= 0.6 is 11.8 Å². The monoisotopic (exact) mass is 531 g/mol. The molecule has 0 bridgehead atoms. The maximum atomic E-state index is 13.9. The number of rotatable bonds is 9. The van der Waals surface area contributed by atoms with E-state index in [2.05, 4.69) is 15.6 Å². The molecule has 0 unspecified atom stereocenters. The number of benzene rings is 1. The molecule has 1 saturated carbocycles. The quantitative estimate of drug-likeness (QED) is 0.453. The van der Waals surface area contributed by atoms with Gasteiger partial charge in [0.05, 0.1) is 18.4 Å². The van der Waals surface area contributed by atoms with Crippen molar-refractivity contribution in [2.45, 2.75) is 63.6 Å². The van der Waals surface area contributed by atoms with Crippen LogP contribution in [0.2, 0.25) is 0 Å². The smallest absolute Gasteiger partial charge is 0.257 e. The molecule has 200 valence electrons. The molecule has 0 atom stereocenters. The van der Waals surface area contributed by atoms with Gasteiger partial charge in [-0.2, -0.15) is 11.8 Å². The van der Waals surface area contributed by atoms with E-state index in [1.165, 1.54) is 6.07 Å². The first-order valence-corrected chi connectivity index (χ1v) is 13.9. The Bertz CT molecular complexity index is 1090. The number of carbonyl (C=O) groups excluding carboxylic acids is 2. The minimum absolute atomic E-state index is 0.0205. The van der Waals surface area contributed by atoms with Gasteiger partial charge >= 0.3 is 0 Å². The zero-order chi connectivity index (χ0) is 26.2. The van der Waals surface area contributed by atoms with Gasteiger partial charge in [0.2, 0.25) is 5.88 Å². The first-order valence-electron chi connectivity index (χ1n) is 12.8. The fourth-order valence-electron chi connectivity index (χ4n) is 4.64. The predicted octanol–water partition coefficient (Wildman–Crippen LogP) is 3.65. The molecular weight excluding hydrogens is 497 g/mol. The second kappa shape index (κ2) is 13.1. The third-order valence-electron chi connectivity index (χ3n) is 6.64. The number of ether oxygens (including phenoxy) is 2. The average molecular weight is 532 g/mol. The van der Waals surface area contributed by atoms with Crippen molar-refractivity contribution in [3.63, 3.8) is 0 Å². The van der Waals surface area contributed by atoms with Crippen LogP contribution in [0.25, 0.3) is 0 Å². The molecule has 1 aliphatic carbocycles. The van der Waals surface area contributed by atoms with Crippen LogP contribution in [0.4, 0.5) is 4.39 Å². The number of aromatic nitrogens is 1. The van der Waals surface area contributed by atoms with E-state index in [1.807, 2.05) is 24.8 Å². The van der Waals surface area contributed by atoms with Crippen molar-refractivity contribution in [3.8, 4) is 11.6 Å². The maximum Gasteiger partial charge on any atom is 0.257 e. The lowest BCUT2D eigenvalue weighted by atomic mass is 9.90. The lowest BCUT2D eigenvalue weighted by Gasteiger charge is -2.30. The van der Waals surface area contributed by atoms with Crippen molar-refractivity contribution in [2.75, 3.05) is 24.7 Å². The van der Waals surface area contributed by atoms with Gasteiger partial charge < -0.3 is 25.2 Å². The van der Waals surface area contributed by atoms with Crippen LogP contribution in [0.5, 0.6) is 11.6 Å². The fraction of sp³-hybridized carbons (Fsp3) is 0.519. The summed E-state index contributed by atoms with van der Waals surface area (Å²) in [5.74, 6) is 1.40. The van der Waals surface area contributed by atoms with Crippen LogP contribution in [-0.4, -0.2) is 64.8 Å². The number of pyridine rings is 1. The SMILES string of the molecule is Cc1ccc(C(=O)NC2CCC(NC(=O)c3cc(F)cnc3OC3CCSCC3)CC2)c(OCCO)c1. The topological polar surface area (TPSA) is 110 Å².